The van der Waals surface area contributed by atoms with Crippen molar-refractivity contribution in [1.29, 1.82) is 0 Å². The fourth-order valence-electron chi connectivity index (χ4n) is 2.03. The summed E-state index contributed by atoms with van der Waals surface area (Å²) < 4.78 is 0. The van der Waals surface area contributed by atoms with Crippen molar-refractivity contribution in [1.82, 2.24) is 0 Å². The Hall–Kier alpha value is -0.760. The predicted octanol–water partition coefficient (Wildman–Crippen LogP) is 3.42. The van der Waals surface area contributed by atoms with Crippen molar-refractivity contribution in [3.8, 4) is 0 Å². The lowest BCUT2D eigenvalue weighted by atomic mass is 9.96. The van der Waals surface area contributed by atoms with Crippen molar-refractivity contribution >= 4 is 18.0 Å². The molecule has 0 N–H and O–H groups in total. The molecule has 80 valence electrons. The van der Waals surface area contributed by atoms with E-state index in [0.717, 1.165) is 6.29 Å². The summed E-state index contributed by atoms with van der Waals surface area (Å²) in [5.74, 6) is 0.355. The van der Waals surface area contributed by atoms with Crippen LogP contribution in [0.15, 0.2) is 23.1 Å². The first kappa shape index (κ1) is 10.7. The van der Waals surface area contributed by atoms with Crippen LogP contribution < -0.4 is 0 Å². The molecule has 0 fully saturated rings. The van der Waals surface area contributed by atoms with Gasteiger partial charge in [0.15, 0.2) is 0 Å². The zero-order valence-corrected chi connectivity index (χ0v) is 10.0. The molecule has 2 heteroatoms. The molecule has 0 aromatic heterocycles. The number of carbonyl (C=O) groups is 1. The Labute approximate surface area is 95.3 Å². The van der Waals surface area contributed by atoms with E-state index in [9.17, 15) is 4.79 Å². The third kappa shape index (κ3) is 2.25. The van der Waals surface area contributed by atoms with E-state index in [0.29, 0.717) is 17.6 Å². The van der Waals surface area contributed by atoms with Crippen LogP contribution in [0.5, 0.6) is 0 Å². The second-order valence-electron chi connectivity index (χ2n) is 4.30. The molecule has 0 amide bonds. The number of carbonyl (C=O) groups excluding carboxylic acids is 1. The van der Waals surface area contributed by atoms with E-state index in [1.165, 1.54) is 22.4 Å². The highest BCUT2D eigenvalue weighted by Gasteiger charge is 2.19. The second-order valence-corrected chi connectivity index (χ2v) is 5.78. The number of benzene rings is 1. The fraction of sp³-hybridized carbons (Fsp3) is 0.462. The van der Waals surface area contributed by atoms with Crippen LogP contribution in [-0.4, -0.2) is 11.5 Å². The molecular formula is C13H16OS. The molecular weight excluding hydrogens is 204 g/mol. The van der Waals surface area contributed by atoms with Gasteiger partial charge in [0.2, 0.25) is 0 Å². The molecule has 2 atom stereocenters. The van der Waals surface area contributed by atoms with Crippen LogP contribution in [0.4, 0.5) is 0 Å². The highest BCUT2D eigenvalue weighted by Crippen LogP contribution is 2.38. The van der Waals surface area contributed by atoms with E-state index < -0.39 is 0 Å². The lowest BCUT2D eigenvalue weighted by molar-refractivity contribution is -0.108. The second kappa shape index (κ2) is 4.40. The number of hydrogen-bond acceptors (Lipinski definition) is 2. The Morgan fingerprint density at radius 3 is 3.13 bits per heavy atom. The summed E-state index contributed by atoms with van der Waals surface area (Å²) in [6.45, 7) is 4.38. The molecule has 1 heterocycles. The van der Waals surface area contributed by atoms with Gasteiger partial charge in [-0.2, -0.15) is 0 Å². The standard InChI is InChI=1S/C13H16OS/c1-9(5-6-14)11-3-4-13-12(8-11)7-10(2)15-13/h3-4,6,8-10H,5,7H2,1-2H3. The molecule has 0 saturated heterocycles. The number of aldehydes is 1. The summed E-state index contributed by atoms with van der Waals surface area (Å²) in [4.78, 5) is 11.9. The lowest BCUT2D eigenvalue weighted by Crippen LogP contribution is -1.96. The van der Waals surface area contributed by atoms with Crippen molar-refractivity contribution in [2.45, 2.75) is 42.8 Å². The van der Waals surface area contributed by atoms with Gasteiger partial charge in [-0.05, 0) is 29.5 Å². The molecule has 1 nitrogen and oxygen atoms in total. The van der Waals surface area contributed by atoms with Crippen molar-refractivity contribution in [3.63, 3.8) is 0 Å². The Balaban J connectivity index is 2.23. The van der Waals surface area contributed by atoms with Crippen LogP contribution in [0.1, 0.15) is 37.3 Å². The van der Waals surface area contributed by atoms with E-state index in [1.807, 2.05) is 11.8 Å². The highest BCUT2D eigenvalue weighted by molar-refractivity contribution is 8.00. The Kier molecular flexibility index (Phi) is 3.15. The van der Waals surface area contributed by atoms with Crippen molar-refractivity contribution in [2.75, 3.05) is 0 Å². The van der Waals surface area contributed by atoms with Gasteiger partial charge in [0.05, 0.1) is 0 Å². The van der Waals surface area contributed by atoms with Crippen molar-refractivity contribution in [2.24, 2.45) is 0 Å². The number of thioether (sulfide) groups is 1. The van der Waals surface area contributed by atoms with Crippen LogP contribution in [-0.2, 0) is 11.2 Å². The maximum Gasteiger partial charge on any atom is 0.120 e. The minimum absolute atomic E-state index is 0.355. The van der Waals surface area contributed by atoms with Gasteiger partial charge in [-0.3, -0.25) is 0 Å². The summed E-state index contributed by atoms with van der Waals surface area (Å²) in [5.41, 5.74) is 2.76. The largest absolute Gasteiger partial charge is 0.303 e. The lowest BCUT2D eigenvalue weighted by Gasteiger charge is -2.09. The maximum atomic E-state index is 10.5. The van der Waals surface area contributed by atoms with Crippen LogP contribution >= 0.6 is 11.8 Å². The molecule has 1 aliphatic rings. The number of fused-ring (bicyclic) bond motifs is 1. The molecule has 0 radical (unpaired) electrons. The highest BCUT2D eigenvalue weighted by atomic mass is 32.2. The summed E-state index contributed by atoms with van der Waals surface area (Å²) >= 11 is 1.96. The van der Waals surface area contributed by atoms with Crippen molar-refractivity contribution in [3.05, 3.63) is 29.3 Å². The van der Waals surface area contributed by atoms with Crippen LogP contribution in [0.3, 0.4) is 0 Å². The summed E-state index contributed by atoms with van der Waals surface area (Å²) in [6.07, 6.45) is 2.80. The SMILES string of the molecule is CC1Cc2cc(C(C)CC=O)ccc2S1. The number of hydrogen-bond donors (Lipinski definition) is 0. The first-order valence-electron chi connectivity index (χ1n) is 5.44. The summed E-state index contributed by atoms with van der Waals surface area (Å²) in [6, 6.07) is 6.65. The zero-order chi connectivity index (χ0) is 10.8. The van der Waals surface area contributed by atoms with Gasteiger partial charge in [0.25, 0.3) is 0 Å². The van der Waals surface area contributed by atoms with E-state index in [1.54, 1.807) is 0 Å². The van der Waals surface area contributed by atoms with Gasteiger partial charge in [0, 0.05) is 16.6 Å². The molecule has 1 aliphatic heterocycles. The Morgan fingerprint density at radius 1 is 1.60 bits per heavy atom. The molecule has 1 aromatic carbocycles. The van der Waals surface area contributed by atoms with Gasteiger partial charge < -0.3 is 4.79 Å². The van der Waals surface area contributed by atoms with Gasteiger partial charge >= 0.3 is 0 Å². The molecule has 15 heavy (non-hydrogen) atoms. The minimum Gasteiger partial charge on any atom is -0.303 e. The first-order chi connectivity index (χ1) is 7.20. The Morgan fingerprint density at radius 2 is 2.40 bits per heavy atom. The third-order valence-corrected chi connectivity index (χ3v) is 4.16. The van der Waals surface area contributed by atoms with E-state index in [-0.39, 0.29) is 0 Å². The molecule has 2 unspecified atom stereocenters. The smallest absolute Gasteiger partial charge is 0.120 e. The quantitative estimate of drug-likeness (QED) is 0.726. The molecule has 0 saturated carbocycles. The van der Waals surface area contributed by atoms with Gasteiger partial charge in [-0.25, -0.2) is 0 Å². The third-order valence-electron chi connectivity index (χ3n) is 2.94. The summed E-state index contributed by atoms with van der Waals surface area (Å²) in [7, 11) is 0. The van der Waals surface area contributed by atoms with Gasteiger partial charge in [-0.15, -0.1) is 11.8 Å². The fourth-order valence-corrected chi connectivity index (χ4v) is 3.17. The van der Waals surface area contributed by atoms with Crippen LogP contribution in [0.25, 0.3) is 0 Å². The monoisotopic (exact) mass is 220 g/mol. The number of rotatable bonds is 3. The van der Waals surface area contributed by atoms with E-state index in [4.69, 9.17) is 0 Å². The van der Waals surface area contributed by atoms with E-state index in [2.05, 4.69) is 32.0 Å². The van der Waals surface area contributed by atoms with Gasteiger partial charge in [-0.1, -0.05) is 26.0 Å². The minimum atomic E-state index is 0.355. The first-order valence-corrected chi connectivity index (χ1v) is 6.31. The molecule has 1 aromatic rings. The summed E-state index contributed by atoms with van der Waals surface area (Å²) in [5, 5.41) is 0.705. The van der Waals surface area contributed by atoms with Crippen molar-refractivity contribution < 1.29 is 4.79 Å². The average molecular weight is 220 g/mol. The topological polar surface area (TPSA) is 17.1 Å². The zero-order valence-electron chi connectivity index (χ0n) is 9.19. The molecule has 0 spiro atoms. The maximum absolute atomic E-state index is 10.5. The van der Waals surface area contributed by atoms with Crippen LogP contribution in [0, 0.1) is 0 Å². The van der Waals surface area contributed by atoms with Crippen LogP contribution in [0.2, 0.25) is 0 Å². The van der Waals surface area contributed by atoms with Gasteiger partial charge in [0.1, 0.15) is 6.29 Å². The molecule has 0 aliphatic carbocycles. The predicted molar refractivity (Wildman–Crippen MR) is 64.6 cm³/mol. The molecule has 2 rings (SSSR count). The van der Waals surface area contributed by atoms with E-state index >= 15 is 0 Å². The normalized spacial score (nSPS) is 21.1. The average Bonchev–Trinajstić information content (AvgIpc) is 2.57. The Bertz CT molecular complexity index is 373. The molecule has 0 bridgehead atoms.